The van der Waals surface area contributed by atoms with E-state index in [4.69, 9.17) is 21.4 Å². The third-order valence-corrected chi connectivity index (χ3v) is 4.36. The number of methoxy groups -OCH3 is 1. The Balaban J connectivity index is 2.16. The molecule has 0 spiro atoms. The second-order valence-corrected chi connectivity index (χ2v) is 6.05. The average molecular weight is 326 g/mol. The molecule has 1 fully saturated rings. The highest BCUT2D eigenvalue weighted by atomic mass is 35.5. The molecule has 5 nitrogen and oxygen atoms in total. The first kappa shape index (κ1) is 16.8. The number of benzene rings is 1. The Bertz CT molecular complexity index is 563. The van der Waals surface area contributed by atoms with Gasteiger partial charge in [0.1, 0.15) is 0 Å². The molecule has 0 saturated carbocycles. The molecule has 22 heavy (non-hydrogen) atoms. The minimum absolute atomic E-state index is 0.0616. The molecule has 0 aliphatic carbocycles. The van der Waals surface area contributed by atoms with Crippen molar-refractivity contribution in [1.29, 1.82) is 0 Å². The molecule has 1 aliphatic heterocycles. The van der Waals surface area contributed by atoms with E-state index >= 15 is 0 Å². The van der Waals surface area contributed by atoms with Crippen molar-refractivity contribution >= 4 is 23.5 Å². The predicted molar refractivity (Wildman–Crippen MR) is 83.0 cm³/mol. The van der Waals surface area contributed by atoms with Crippen molar-refractivity contribution in [3.63, 3.8) is 0 Å². The third-order valence-electron chi connectivity index (χ3n) is 4.12. The fourth-order valence-corrected chi connectivity index (χ4v) is 3.08. The van der Waals surface area contributed by atoms with Crippen LogP contribution in [0, 0.1) is 0 Å². The molecule has 3 unspecified atom stereocenters. The van der Waals surface area contributed by atoms with Gasteiger partial charge in [0, 0.05) is 24.7 Å². The fourth-order valence-electron chi connectivity index (χ4n) is 2.88. The minimum atomic E-state index is -0.907. The van der Waals surface area contributed by atoms with Gasteiger partial charge in [-0.1, -0.05) is 23.7 Å². The normalized spacial score (nSPS) is 22.6. The standard InChI is InChI=1S/C16H20ClNO4/c1-10(11-4-3-5-12(17)6-11)16(21)18-9-14(22-2)7-13(18)8-15(19)20/h3-6,10,13-14H,7-9H2,1-2H3,(H,19,20). The van der Waals surface area contributed by atoms with Crippen LogP contribution in [0.3, 0.4) is 0 Å². The van der Waals surface area contributed by atoms with Crippen molar-refractivity contribution < 1.29 is 19.4 Å². The number of nitrogens with zero attached hydrogens (tertiary/aromatic N) is 1. The largest absolute Gasteiger partial charge is 0.481 e. The van der Waals surface area contributed by atoms with Crippen molar-refractivity contribution in [1.82, 2.24) is 4.90 Å². The number of amides is 1. The fraction of sp³-hybridized carbons (Fsp3) is 0.500. The molecule has 1 saturated heterocycles. The lowest BCUT2D eigenvalue weighted by molar-refractivity contribution is -0.140. The van der Waals surface area contributed by atoms with Gasteiger partial charge in [-0.2, -0.15) is 0 Å². The second kappa shape index (κ2) is 7.11. The van der Waals surface area contributed by atoms with Gasteiger partial charge < -0.3 is 14.7 Å². The molecule has 1 heterocycles. The Morgan fingerprint density at radius 3 is 2.82 bits per heavy atom. The summed E-state index contributed by atoms with van der Waals surface area (Å²) < 4.78 is 5.30. The smallest absolute Gasteiger partial charge is 0.305 e. The first-order valence-corrected chi connectivity index (χ1v) is 7.60. The van der Waals surface area contributed by atoms with E-state index in [0.717, 1.165) is 5.56 Å². The maximum atomic E-state index is 12.7. The molecule has 6 heteroatoms. The number of halogens is 1. The van der Waals surface area contributed by atoms with Gasteiger partial charge in [-0.15, -0.1) is 0 Å². The average Bonchev–Trinajstić information content (AvgIpc) is 2.88. The van der Waals surface area contributed by atoms with E-state index < -0.39 is 5.97 Å². The maximum absolute atomic E-state index is 12.7. The predicted octanol–water partition coefficient (Wildman–Crippen LogP) is 2.53. The molecular weight excluding hydrogens is 306 g/mol. The van der Waals surface area contributed by atoms with E-state index in [-0.39, 0.29) is 30.4 Å². The van der Waals surface area contributed by atoms with Gasteiger partial charge in [0.15, 0.2) is 0 Å². The summed E-state index contributed by atoms with van der Waals surface area (Å²) in [4.78, 5) is 25.4. The van der Waals surface area contributed by atoms with Crippen molar-refractivity contribution in [2.45, 2.75) is 37.8 Å². The van der Waals surface area contributed by atoms with Crippen molar-refractivity contribution in [2.24, 2.45) is 0 Å². The van der Waals surface area contributed by atoms with Gasteiger partial charge in [0.25, 0.3) is 0 Å². The van der Waals surface area contributed by atoms with Crippen molar-refractivity contribution in [2.75, 3.05) is 13.7 Å². The summed E-state index contributed by atoms with van der Waals surface area (Å²) in [5.74, 6) is -1.37. The number of likely N-dealkylation sites (tertiary alicyclic amines) is 1. The molecule has 0 aromatic heterocycles. The Morgan fingerprint density at radius 1 is 1.50 bits per heavy atom. The Morgan fingerprint density at radius 2 is 2.23 bits per heavy atom. The van der Waals surface area contributed by atoms with Gasteiger partial charge in [-0.05, 0) is 31.0 Å². The summed E-state index contributed by atoms with van der Waals surface area (Å²) in [6.45, 7) is 2.24. The lowest BCUT2D eigenvalue weighted by Crippen LogP contribution is -2.39. The van der Waals surface area contributed by atoms with Crippen molar-refractivity contribution in [3.05, 3.63) is 34.9 Å². The zero-order chi connectivity index (χ0) is 16.3. The Labute approximate surface area is 134 Å². The monoisotopic (exact) mass is 325 g/mol. The van der Waals surface area contributed by atoms with Gasteiger partial charge in [-0.3, -0.25) is 9.59 Å². The van der Waals surface area contributed by atoms with E-state index in [1.54, 1.807) is 30.2 Å². The second-order valence-electron chi connectivity index (χ2n) is 5.61. The van der Waals surface area contributed by atoms with Gasteiger partial charge in [0.05, 0.1) is 18.4 Å². The van der Waals surface area contributed by atoms with Crippen LogP contribution in [0.2, 0.25) is 5.02 Å². The molecule has 1 amide bonds. The van der Waals surface area contributed by atoms with E-state index in [1.807, 2.05) is 13.0 Å². The highest BCUT2D eigenvalue weighted by Gasteiger charge is 2.38. The van der Waals surface area contributed by atoms with Crippen LogP contribution in [0.5, 0.6) is 0 Å². The highest BCUT2D eigenvalue weighted by molar-refractivity contribution is 6.30. The summed E-state index contributed by atoms with van der Waals surface area (Å²) in [7, 11) is 1.58. The lowest BCUT2D eigenvalue weighted by Gasteiger charge is -2.26. The Hall–Kier alpha value is -1.59. The maximum Gasteiger partial charge on any atom is 0.305 e. The summed E-state index contributed by atoms with van der Waals surface area (Å²) in [5.41, 5.74) is 0.826. The molecule has 3 atom stereocenters. The highest BCUT2D eigenvalue weighted by Crippen LogP contribution is 2.28. The number of hydrogen-bond donors (Lipinski definition) is 1. The van der Waals surface area contributed by atoms with E-state index in [0.29, 0.717) is 18.0 Å². The third kappa shape index (κ3) is 3.78. The number of carboxylic acids is 1. The number of ether oxygens (including phenoxy) is 1. The van der Waals surface area contributed by atoms with Crippen LogP contribution in [0.1, 0.15) is 31.2 Å². The molecule has 1 aromatic rings. The van der Waals surface area contributed by atoms with Gasteiger partial charge in [0.2, 0.25) is 5.91 Å². The molecule has 1 aromatic carbocycles. The number of carbonyl (C=O) groups excluding carboxylic acids is 1. The van der Waals surface area contributed by atoms with Gasteiger partial charge >= 0.3 is 5.97 Å². The molecule has 2 rings (SSSR count). The summed E-state index contributed by atoms with van der Waals surface area (Å²) in [6, 6.07) is 6.85. The molecule has 0 bridgehead atoms. The molecule has 0 radical (unpaired) electrons. The topological polar surface area (TPSA) is 66.8 Å². The number of rotatable bonds is 5. The van der Waals surface area contributed by atoms with E-state index in [2.05, 4.69) is 0 Å². The van der Waals surface area contributed by atoms with Crippen molar-refractivity contribution in [3.8, 4) is 0 Å². The molecule has 1 aliphatic rings. The summed E-state index contributed by atoms with van der Waals surface area (Å²) >= 11 is 5.97. The Kier molecular flexibility index (Phi) is 5.42. The van der Waals surface area contributed by atoms with Gasteiger partial charge in [-0.25, -0.2) is 0 Å². The summed E-state index contributed by atoms with van der Waals surface area (Å²) in [6.07, 6.45) is 0.380. The number of carboxylic acid groups (broad SMARTS) is 1. The summed E-state index contributed by atoms with van der Waals surface area (Å²) in [5, 5.41) is 9.61. The SMILES string of the molecule is COC1CC(CC(=O)O)N(C(=O)C(C)c2cccc(Cl)c2)C1. The molecule has 120 valence electrons. The zero-order valence-corrected chi connectivity index (χ0v) is 13.4. The number of hydrogen-bond acceptors (Lipinski definition) is 3. The lowest BCUT2D eigenvalue weighted by atomic mass is 9.99. The van der Waals surface area contributed by atoms with Crippen LogP contribution >= 0.6 is 11.6 Å². The van der Waals surface area contributed by atoms with E-state index in [1.165, 1.54) is 0 Å². The number of carbonyl (C=O) groups is 2. The van der Waals surface area contributed by atoms with Crippen LogP contribution in [0.4, 0.5) is 0 Å². The van der Waals surface area contributed by atoms with Crippen LogP contribution in [-0.4, -0.2) is 47.7 Å². The number of aliphatic carboxylic acids is 1. The van der Waals surface area contributed by atoms with E-state index in [9.17, 15) is 9.59 Å². The van der Waals surface area contributed by atoms with Crippen LogP contribution in [-0.2, 0) is 14.3 Å². The molecule has 1 N–H and O–H groups in total. The zero-order valence-electron chi connectivity index (χ0n) is 12.7. The minimum Gasteiger partial charge on any atom is -0.481 e. The van der Waals surface area contributed by atoms with Crippen LogP contribution < -0.4 is 0 Å². The first-order chi connectivity index (χ1) is 10.4. The van der Waals surface area contributed by atoms with Crippen LogP contribution in [0.25, 0.3) is 0 Å². The van der Waals surface area contributed by atoms with Crippen LogP contribution in [0.15, 0.2) is 24.3 Å². The first-order valence-electron chi connectivity index (χ1n) is 7.23. The quantitative estimate of drug-likeness (QED) is 0.903. The molecular formula is C16H20ClNO4.